The molecule has 10 nitrogen and oxygen atoms in total. The third-order valence-electron chi connectivity index (χ3n) is 5.99. The molecule has 0 spiro atoms. The van der Waals surface area contributed by atoms with Crippen LogP contribution in [0.3, 0.4) is 0 Å². The van der Waals surface area contributed by atoms with Gasteiger partial charge >= 0.3 is 6.36 Å². The molecule has 1 aromatic carbocycles. The fraction of sp³-hybridized carbons (Fsp3) is 0.292. The number of halogens is 4. The lowest BCUT2D eigenvalue weighted by Crippen LogP contribution is -2.24. The van der Waals surface area contributed by atoms with E-state index < -0.39 is 35.5 Å². The summed E-state index contributed by atoms with van der Waals surface area (Å²) >= 11 is 1.06. The van der Waals surface area contributed by atoms with Gasteiger partial charge in [-0.25, -0.2) is 4.39 Å². The molecule has 15 heteroatoms. The number of aromatic nitrogens is 5. The number of alkyl halides is 3. The summed E-state index contributed by atoms with van der Waals surface area (Å²) in [7, 11) is 1.13. The zero-order valence-electron chi connectivity index (χ0n) is 20.3. The lowest BCUT2D eigenvalue weighted by molar-refractivity contribution is -0.274. The van der Waals surface area contributed by atoms with Gasteiger partial charge in [0.15, 0.2) is 11.8 Å². The Morgan fingerprint density at radius 1 is 1.15 bits per heavy atom. The first kappa shape index (κ1) is 26.5. The van der Waals surface area contributed by atoms with Crippen LogP contribution < -0.4 is 15.4 Å². The van der Waals surface area contributed by atoms with Crippen LogP contribution in [0, 0.1) is 5.82 Å². The number of carbonyl (C=O) groups is 1. The lowest BCUT2D eigenvalue weighted by atomic mass is 9.93. The Balaban J connectivity index is 1.20. The van der Waals surface area contributed by atoms with Gasteiger partial charge in [-0.1, -0.05) is 17.4 Å². The molecule has 2 atom stereocenters. The minimum absolute atomic E-state index is 0.0754. The molecule has 0 bridgehead atoms. The van der Waals surface area contributed by atoms with Gasteiger partial charge in [-0.05, 0) is 55.2 Å². The zero-order valence-corrected chi connectivity index (χ0v) is 21.1. The van der Waals surface area contributed by atoms with Crippen LogP contribution in [-0.2, 0) is 9.53 Å². The van der Waals surface area contributed by atoms with Crippen molar-refractivity contribution in [1.29, 1.82) is 0 Å². The summed E-state index contributed by atoms with van der Waals surface area (Å²) in [5.74, 6) is -2.46. The average molecular weight is 564 g/mol. The lowest BCUT2D eigenvalue weighted by Gasteiger charge is -2.22. The molecule has 3 aromatic heterocycles. The Kier molecular flexibility index (Phi) is 7.43. The highest BCUT2D eigenvalue weighted by Gasteiger charge is 2.32. The van der Waals surface area contributed by atoms with Gasteiger partial charge in [0.25, 0.3) is 5.91 Å². The van der Waals surface area contributed by atoms with Crippen molar-refractivity contribution < 1.29 is 31.8 Å². The van der Waals surface area contributed by atoms with E-state index in [2.05, 4.69) is 46.8 Å². The molecule has 204 valence electrons. The number of H-pyrrole nitrogens is 1. The van der Waals surface area contributed by atoms with Crippen molar-refractivity contribution in [2.75, 3.05) is 17.7 Å². The van der Waals surface area contributed by atoms with Gasteiger partial charge in [-0.15, -0.1) is 33.6 Å². The smallest absolute Gasteiger partial charge is 0.406 e. The molecule has 5 rings (SSSR count). The minimum atomic E-state index is -4.98. The molecule has 3 heterocycles. The van der Waals surface area contributed by atoms with Crippen molar-refractivity contribution in [3.63, 3.8) is 0 Å². The molecular weight excluding hydrogens is 542 g/mol. The number of anilines is 2. The molecule has 39 heavy (non-hydrogen) atoms. The third-order valence-corrected chi connectivity index (χ3v) is 6.76. The van der Waals surface area contributed by atoms with E-state index in [1.54, 1.807) is 0 Å². The fourth-order valence-corrected chi connectivity index (χ4v) is 4.91. The second kappa shape index (κ2) is 10.9. The standard InChI is InChI=1S/C24H21F4N7O3S/c1-37-19(16-11-15(6-7-17(16)25)38-24(26,27)28)21(36)31-23-35-34-22(39-23)30-14-4-2-12(3-5-14)18-10-13-8-9-29-20(13)33-32-18/h2,6-11,14,19H,3-5H2,1H3,(H,29,33)(H,30,34)(H,31,35,36)/t14-,19?/m0/s1. The van der Waals surface area contributed by atoms with E-state index in [0.717, 1.165) is 71.8 Å². The number of rotatable bonds is 8. The molecule has 1 unspecified atom stereocenters. The first-order valence-electron chi connectivity index (χ1n) is 11.7. The number of allylic oxidation sites excluding steroid dienone is 1. The molecule has 1 aliphatic rings. The van der Waals surface area contributed by atoms with Crippen molar-refractivity contribution in [3.05, 3.63) is 59.7 Å². The number of nitrogens with zero attached hydrogens (tertiary/aromatic N) is 4. The van der Waals surface area contributed by atoms with E-state index in [4.69, 9.17) is 4.74 Å². The molecule has 3 N–H and O–H groups in total. The van der Waals surface area contributed by atoms with Gasteiger partial charge < -0.3 is 19.8 Å². The Labute approximate surface area is 222 Å². The Morgan fingerprint density at radius 2 is 1.97 bits per heavy atom. The highest BCUT2D eigenvalue weighted by Crippen LogP contribution is 2.32. The van der Waals surface area contributed by atoms with Crippen LogP contribution in [0.25, 0.3) is 16.6 Å². The highest BCUT2D eigenvalue weighted by molar-refractivity contribution is 7.19. The maximum absolute atomic E-state index is 14.3. The van der Waals surface area contributed by atoms with Crippen LogP contribution in [0.1, 0.15) is 36.6 Å². The quantitative estimate of drug-likeness (QED) is 0.249. The number of carbonyl (C=O) groups excluding carboxylic acids is 1. The SMILES string of the molecule is COC(C(=O)Nc1nnc(N[C@H]2CC=C(c3cc4cc[nH]c4nn3)CC2)s1)c1cc(OC(F)(F)F)ccc1F. The van der Waals surface area contributed by atoms with Gasteiger partial charge in [-0.3, -0.25) is 10.1 Å². The number of ether oxygens (including phenoxy) is 2. The van der Waals surface area contributed by atoms with Crippen molar-refractivity contribution in [3.8, 4) is 5.75 Å². The molecule has 0 saturated heterocycles. The number of aromatic amines is 1. The summed E-state index contributed by atoms with van der Waals surface area (Å²) in [6.45, 7) is 0. The number of methoxy groups -OCH3 is 1. The highest BCUT2D eigenvalue weighted by atomic mass is 32.1. The Bertz CT molecular complexity index is 1520. The van der Waals surface area contributed by atoms with Crippen molar-refractivity contribution >= 4 is 44.1 Å². The number of fused-ring (bicyclic) bond motifs is 1. The second-order valence-corrected chi connectivity index (χ2v) is 9.58. The maximum Gasteiger partial charge on any atom is 0.573 e. The van der Waals surface area contributed by atoms with Crippen molar-refractivity contribution in [1.82, 2.24) is 25.4 Å². The monoisotopic (exact) mass is 563 g/mol. The molecule has 0 fully saturated rings. The molecular formula is C24H21F4N7O3S. The molecule has 0 radical (unpaired) electrons. The molecule has 4 aromatic rings. The topological polar surface area (TPSA) is 127 Å². The van der Waals surface area contributed by atoms with Gasteiger partial charge in [0.1, 0.15) is 11.6 Å². The number of nitrogens with one attached hydrogen (secondary N) is 3. The predicted octanol–water partition coefficient (Wildman–Crippen LogP) is 5.22. The van der Waals surface area contributed by atoms with E-state index in [-0.39, 0.29) is 11.2 Å². The van der Waals surface area contributed by atoms with Gasteiger partial charge in [0.2, 0.25) is 10.3 Å². The van der Waals surface area contributed by atoms with Crippen molar-refractivity contribution in [2.45, 2.75) is 37.8 Å². The molecule has 0 saturated carbocycles. The summed E-state index contributed by atoms with van der Waals surface area (Å²) in [6.07, 6.45) is -0.319. The van der Waals surface area contributed by atoms with Crippen LogP contribution >= 0.6 is 11.3 Å². The van der Waals surface area contributed by atoms with Crippen molar-refractivity contribution in [2.24, 2.45) is 0 Å². The summed E-state index contributed by atoms with van der Waals surface area (Å²) in [5.41, 5.74) is 2.25. The van der Waals surface area contributed by atoms with Gasteiger partial charge in [0, 0.05) is 30.3 Å². The average Bonchev–Trinajstić information content (AvgIpc) is 3.54. The number of hydrogen-bond acceptors (Lipinski definition) is 9. The van der Waals surface area contributed by atoms with Crippen LogP contribution in [0.2, 0.25) is 0 Å². The summed E-state index contributed by atoms with van der Waals surface area (Å²) in [5, 5.41) is 23.7. The van der Waals surface area contributed by atoms with Crippen LogP contribution in [0.15, 0.2) is 42.6 Å². The van der Waals surface area contributed by atoms with Crippen LogP contribution in [0.4, 0.5) is 27.8 Å². The normalized spacial score (nSPS) is 16.5. The molecule has 1 amide bonds. The first-order valence-corrected chi connectivity index (χ1v) is 12.5. The minimum Gasteiger partial charge on any atom is -0.406 e. The zero-order chi connectivity index (χ0) is 27.6. The fourth-order valence-electron chi connectivity index (χ4n) is 4.18. The largest absolute Gasteiger partial charge is 0.573 e. The van der Waals surface area contributed by atoms with E-state index in [0.29, 0.717) is 11.6 Å². The number of amides is 1. The maximum atomic E-state index is 14.3. The van der Waals surface area contributed by atoms with Crippen LogP contribution in [-0.4, -0.2) is 50.8 Å². The third kappa shape index (κ3) is 6.31. The summed E-state index contributed by atoms with van der Waals surface area (Å²) in [6, 6.07) is 6.34. The summed E-state index contributed by atoms with van der Waals surface area (Å²) < 4.78 is 60.9. The molecule has 0 aliphatic heterocycles. The van der Waals surface area contributed by atoms with Gasteiger partial charge in [-0.2, -0.15) is 0 Å². The summed E-state index contributed by atoms with van der Waals surface area (Å²) in [4.78, 5) is 15.8. The van der Waals surface area contributed by atoms with E-state index in [1.165, 1.54) is 0 Å². The Hall–Kier alpha value is -4.11. The number of hydrogen-bond donors (Lipinski definition) is 3. The Morgan fingerprint density at radius 3 is 2.72 bits per heavy atom. The van der Waals surface area contributed by atoms with Gasteiger partial charge in [0.05, 0.1) is 5.69 Å². The van der Waals surface area contributed by atoms with E-state index >= 15 is 0 Å². The second-order valence-electron chi connectivity index (χ2n) is 8.60. The van der Waals surface area contributed by atoms with E-state index in [1.807, 2.05) is 18.3 Å². The van der Waals surface area contributed by atoms with Crippen LogP contribution in [0.5, 0.6) is 5.75 Å². The predicted molar refractivity (Wildman–Crippen MR) is 134 cm³/mol. The molecule has 1 aliphatic carbocycles. The first-order chi connectivity index (χ1) is 18.7. The van der Waals surface area contributed by atoms with E-state index in [9.17, 15) is 22.4 Å². The number of benzene rings is 1.